The first-order valence-corrected chi connectivity index (χ1v) is 6.30. The third-order valence-electron chi connectivity index (χ3n) is 2.92. The Bertz CT molecular complexity index is 558. The van der Waals surface area contributed by atoms with Gasteiger partial charge in [-0.15, -0.1) is 0 Å². The Morgan fingerprint density at radius 1 is 1.11 bits per heavy atom. The predicted octanol–water partition coefficient (Wildman–Crippen LogP) is 3.41. The average Bonchev–Trinajstić information content (AvgIpc) is 2.38. The van der Waals surface area contributed by atoms with Crippen LogP contribution in [0.2, 0.25) is 0 Å². The van der Waals surface area contributed by atoms with Crippen LogP contribution in [0.5, 0.6) is 0 Å². The molecule has 4 heteroatoms. The van der Waals surface area contributed by atoms with Gasteiger partial charge in [0.1, 0.15) is 5.82 Å². The van der Waals surface area contributed by atoms with Gasteiger partial charge in [0.05, 0.1) is 0 Å². The van der Waals surface area contributed by atoms with Crippen molar-refractivity contribution in [2.45, 2.75) is 26.2 Å². The summed E-state index contributed by atoms with van der Waals surface area (Å²) < 4.78 is 0. The van der Waals surface area contributed by atoms with Gasteiger partial charge in [0.2, 0.25) is 0 Å². The largest absolute Gasteiger partial charge is 0.355 e. The molecule has 0 aliphatic carbocycles. The van der Waals surface area contributed by atoms with Crippen LogP contribution in [0.15, 0.2) is 42.6 Å². The second-order valence-electron chi connectivity index (χ2n) is 5.49. The first-order chi connectivity index (χ1) is 9.00. The molecule has 0 unspecified atom stereocenters. The van der Waals surface area contributed by atoms with Gasteiger partial charge in [0, 0.05) is 23.6 Å². The number of rotatable bonds is 3. The standard InChI is InChI=1S/C15H20N4/c1-15(2,3)12-6-4-5-7-13(12)18-11-8-9-17-14(10-11)19-16/h4-10H,16H2,1-3H3,(H2,17,18,19). The molecule has 0 aliphatic rings. The average molecular weight is 256 g/mol. The highest BCUT2D eigenvalue weighted by atomic mass is 15.2. The summed E-state index contributed by atoms with van der Waals surface area (Å²) in [4.78, 5) is 4.09. The summed E-state index contributed by atoms with van der Waals surface area (Å²) in [7, 11) is 0. The van der Waals surface area contributed by atoms with Crippen LogP contribution in [-0.4, -0.2) is 4.98 Å². The fraction of sp³-hybridized carbons (Fsp3) is 0.267. The number of nitrogens with one attached hydrogen (secondary N) is 2. The summed E-state index contributed by atoms with van der Waals surface area (Å²) >= 11 is 0. The van der Waals surface area contributed by atoms with Gasteiger partial charge in [-0.3, -0.25) is 0 Å². The molecule has 0 saturated heterocycles. The van der Waals surface area contributed by atoms with Gasteiger partial charge in [-0.1, -0.05) is 39.0 Å². The number of aromatic nitrogens is 1. The van der Waals surface area contributed by atoms with Crippen molar-refractivity contribution in [3.05, 3.63) is 48.2 Å². The lowest BCUT2D eigenvalue weighted by molar-refractivity contribution is 0.592. The molecule has 1 heterocycles. The number of nitrogens with zero attached hydrogens (tertiary/aromatic N) is 1. The van der Waals surface area contributed by atoms with Crippen molar-refractivity contribution in [1.82, 2.24) is 4.98 Å². The molecule has 0 fully saturated rings. The topological polar surface area (TPSA) is 63.0 Å². The molecule has 1 aromatic heterocycles. The van der Waals surface area contributed by atoms with E-state index in [1.807, 2.05) is 18.2 Å². The smallest absolute Gasteiger partial charge is 0.141 e. The molecule has 0 spiro atoms. The maximum Gasteiger partial charge on any atom is 0.141 e. The Hall–Kier alpha value is -2.07. The van der Waals surface area contributed by atoms with E-state index < -0.39 is 0 Å². The minimum atomic E-state index is 0.0889. The Kier molecular flexibility index (Phi) is 3.71. The maximum absolute atomic E-state index is 5.37. The molecule has 0 aliphatic heterocycles. The normalized spacial score (nSPS) is 11.2. The van der Waals surface area contributed by atoms with E-state index in [1.54, 1.807) is 6.20 Å². The van der Waals surface area contributed by atoms with E-state index in [2.05, 4.69) is 54.7 Å². The second-order valence-corrected chi connectivity index (χ2v) is 5.49. The molecule has 4 N–H and O–H groups in total. The number of pyridine rings is 1. The number of para-hydroxylation sites is 1. The van der Waals surface area contributed by atoms with Crippen molar-refractivity contribution in [1.29, 1.82) is 0 Å². The lowest BCUT2D eigenvalue weighted by atomic mass is 9.86. The van der Waals surface area contributed by atoms with Crippen LogP contribution in [-0.2, 0) is 5.41 Å². The molecule has 0 saturated carbocycles. The number of hydrogen-bond acceptors (Lipinski definition) is 4. The molecule has 2 aromatic rings. The highest BCUT2D eigenvalue weighted by Gasteiger charge is 2.17. The number of nitrogen functional groups attached to an aromatic ring is 1. The van der Waals surface area contributed by atoms with Crippen LogP contribution in [0.4, 0.5) is 17.2 Å². The van der Waals surface area contributed by atoms with E-state index in [9.17, 15) is 0 Å². The van der Waals surface area contributed by atoms with Crippen molar-refractivity contribution in [3.8, 4) is 0 Å². The van der Waals surface area contributed by atoms with Crippen molar-refractivity contribution < 1.29 is 0 Å². The third kappa shape index (κ3) is 3.23. The fourth-order valence-corrected chi connectivity index (χ4v) is 1.99. The minimum absolute atomic E-state index is 0.0889. The van der Waals surface area contributed by atoms with Crippen LogP contribution in [0.25, 0.3) is 0 Å². The lowest BCUT2D eigenvalue weighted by Gasteiger charge is -2.23. The SMILES string of the molecule is CC(C)(C)c1ccccc1Nc1ccnc(NN)c1. The van der Waals surface area contributed by atoms with Crippen LogP contribution >= 0.6 is 0 Å². The highest BCUT2D eigenvalue weighted by molar-refractivity contribution is 5.66. The summed E-state index contributed by atoms with van der Waals surface area (Å²) in [5.74, 6) is 6.01. The van der Waals surface area contributed by atoms with Gasteiger partial charge >= 0.3 is 0 Å². The monoisotopic (exact) mass is 256 g/mol. The Morgan fingerprint density at radius 3 is 2.53 bits per heavy atom. The summed E-state index contributed by atoms with van der Waals surface area (Å²) in [6.45, 7) is 6.60. The summed E-state index contributed by atoms with van der Waals surface area (Å²) in [6, 6.07) is 12.1. The quantitative estimate of drug-likeness (QED) is 0.581. The fourth-order valence-electron chi connectivity index (χ4n) is 1.99. The molecule has 0 atom stereocenters. The number of hydrazine groups is 1. The molecular weight excluding hydrogens is 236 g/mol. The van der Waals surface area contributed by atoms with Gasteiger partial charge in [0.25, 0.3) is 0 Å². The zero-order chi connectivity index (χ0) is 13.9. The van der Waals surface area contributed by atoms with Gasteiger partial charge in [-0.25, -0.2) is 10.8 Å². The Morgan fingerprint density at radius 2 is 1.84 bits per heavy atom. The van der Waals surface area contributed by atoms with E-state index >= 15 is 0 Å². The van der Waals surface area contributed by atoms with E-state index in [1.165, 1.54) is 5.56 Å². The van der Waals surface area contributed by atoms with Crippen molar-refractivity contribution in [2.75, 3.05) is 10.7 Å². The molecule has 0 amide bonds. The number of benzene rings is 1. The molecule has 1 aromatic carbocycles. The lowest BCUT2D eigenvalue weighted by Crippen LogP contribution is -2.13. The van der Waals surface area contributed by atoms with Crippen molar-refractivity contribution in [2.24, 2.45) is 5.84 Å². The van der Waals surface area contributed by atoms with E-state index in [0.29, 0.717) is 5.82 Å². The zero-order valence-corrected chi connectivity index (χ0v) is 11.6. The molecule has 2 rings (SSSR count). The molecule has 100 valence electrons. The molecule has 19 heavy (non-hydrogen) atoms. The molecular formula is C15H20N4. The zero-order valence-electron chi connectivity index (χ0n) is 11.6. The summed E-state index contributed by atoms with van der Waals surface area (Å²) in [5, 5.41) is 3.42. The predicted molar refractivity (Wildman–Crippen MR) is 80.5 cm³/mol. The molecule has 0 bridgehead atoms. The van der Waals surface area contributed by atoms with E-state index in [4.69, 9.17) is 5.84 Å². The van der Waals surface area contributed by atoms with Gasteiger partial charge in [0.15, 0.2) is 0 Å². The van der Waals surface area contributed by atoms with Crippen molar-refractivity contribution >= 4 is 17.2 Å². The number of anilines is 3. The maximum atomic E-state index is 5.37. The number of hydrogen-bond donors (Lipinski definition) is 3. The van der Waals surface area contributed by atoms with Crippen LogP contribution < -0.4 is 16.6 Å². The van der Waals surface area contributed by atoms with E-state index in [-0.39, 0.29) is 5.41 Å². The van der Waals surface area contributed by atoms with E-state index in [0.717, 1.165) is 11.4 Å². The first-order valence-electron chi connectivity index (χ1n) is 6.30. The second kappa shape index (κ2) is 5.28. The van der Waals surface area contributed by atoms with Gasteiger partial charge in [-0.05, 0) is 23.1 Å². The highest BCUT2D eigenvalue weighted by Crippen LogP contribution is 2.31. The Balaban J connectivity index is 2.33. The van der Waals surface area contributed by atoms with Gasteiger partial charge in [-0.2, -0.15) is 0 Å². The van der Waals surface area contributed by atoms with Gasteiger partial charge < -0.3 is 10.7 Å². The first kappa shape index (κ1) is 13.4. The van der Waals surface area contributed by atoms with Crippen LogP contribution in [0.1, 0.15) is 26.3 Å². The Labute approximate surface area is 114 Å². The molecule has 0 radical (unpaired) electrons. The number of nitrogens with two attached hydrogens (primary N) is 1. The van der Waals surface area contributed by atoms with Crippen molar-refractivity contribution in [3.63, 3.8) is 0 Å². The summed E-state index contributed by atoms with van der Waals surface area (Å²) in [5.41, 5.74) is 5.97. The molecule has 4 nitrogen and oxygen atoms in total. The minimum Gasteiger partial charge on any atom is -0.355 e. The van der Waals surface area contributed by atoms with Crippen LogP contribution in [0.3, 0.4) is 0 Å². The van der Waals surface area contributed by atoms with Crippen LogP contribution in [0, 0.1) is 0 Å². The third-order valence-corrected chi connectivity index (χ3v) is 2.92. The summed E-state index contributed by atoms with van der Waals surface area (Å²) in [6.07, 6.45) is 1.72.